The maximum absolute atomic E-state index is 11.6. The van der Waals surface area contributed by atoms with Gasteiger partial charge in [0.2, 0.25) is 0 Å². The van der Waals surface area contributed by atoms with Gasteiger partial charge in [0.25, 0.3) is 0 Å². The van der Waals surface area contributed by atoms with Crippen LogP contribution in [-0.2, 0) is 6.54 Å². The molecule has 0 aliphatic heterocycles. The number of carboxylic acid groups (broad SMARTS) is 1. The fourth-order valence-electron chi connectivity index (χ4n) is 1.87. The van der Waals surface area contributed by atoms with E-state index in [1.807, 2.05) is 0 Å². The highest BCUT2D eigenvalue weighted by molar-refractivity contribution is 5.87. The maximum Gasteiger partial charge on any atom is 0.335 e. The van der Waals surface area contributed by atoms with Crippen LogP contribution in [0.25, 0.3) is 0 Å². The number of hydrogen-bond donors (Lipinski definition) is 3. The lowest BCUT2D eigenvalue weighted by Gasteiger charge is -2.14. The molecule has 0 atom stereocenters. The first-order valence-corrected chi connectivity index (χ1v) is 6.90. The van der Waals surface area contributed by atoms with Crippen molar-refractivity contribution in [3.05, 3.63) is 35.4 Å². The largest absolute Gasteiger partial charge is 0.478 e. The van der Waals surface area contributed by atoms with Crippen LogP contribution in [0.3, 0.4) is 0 Å². The van der Waals surface area contributed by atoms with Crippen LogP contribution in [0, 0.1) is 5.92 Å². The molecule has 5 heteroatoms. The van der Waals surface area contributed by atoms with Gasteiger partial charge in [0.15, 0.2) is 0 Å². The predicted molar refractivity (Wildman–Crippen MR) is 77.7 cm³/mol. The van der Waals surface area contributed by atoms with Crippen LogP contribution in [0.2, 0.25) is 0 Å². The molecule has 3 N–H and O–H groups in total. The molecule has 0 heterocycles. The van der Waals surface area contributed by atoms with Gasteiger partial charge in [-0.15, -0.1) is 0 Å². The summed E-state index contributed by atoms with van der Waals surface area (Å²) in [5.41, 5.74) is 0.990. The Morgan fingerprint density at radius 2 is 1.90 bits per heavy atom. The fourth-order valence-corrected chi connectivity index (χ4v) is 1.87. The molecule has 20 heavy (non-hydrogen) atoms. The number of urea groups is 1. The number of aromatic carboxylic acids is 1. The Morgan fingerprint density at radius 1 is 1.20 bits per heavy atom. The van der Waals surface area contributed by atoms with E-state index in [0.717, 1.165) is 18.4 Å². The van der Waals surface area contributed by atoms with Crippen LogP contribution < -0.4 is 10.6 Å². The molecule has 2 amide bonds. The van der Waals surface area contributed by atoms with E-state index in [4.69, 9.17) is 5.11 Å². The van der Waals surface area contributed by atoms with Crippen LogP contribution in [0.4, 0.5) is 4.79 Å². The van der Waals surface area contributed by atoms with Crippen molar-refractivity contribution in [2.24, 2.45) is 5.92 Å². The molecule has 0 aromatic heterocycles. The predicted octanol–water partition coefficient (Wildman–Crippen LogP) is 2.62. The van der Waals surface area contributed by atoms with Crippen molar-refractivity contribution in [3.63, 3.8) is 0 Å². The van der Waals surface area contributed by atoms with Gasteiger partial charge in [0.1, 0.15) is 0 Å². The number of benzene rings is 1. The third-order valence-electron chi connectivity index (χ3n) is 3.33. The van der Waals surface area contributed by atoms with Crippen molar-refractivity contribution in [1.82, 2.24) is 10.6 Å². The van der Waals surface area contributed by atoms with Crippen LogP contribution in [0.5, 0.6) is 0 Å². The first-order chi connectivity index (χ1) is 9.56. The van der Waals surface area contributed by atoms with Crippen LogP contribution >= 0.6 is 0 Å². The highest BCUT2D eigenvalue weighted by Crippen LogP contribution is 2.06. The molecule has 0 saturated carbocycles. The van der Waals surface area contributed by atoms with E-state index in [9.17, 15) is 9.59 Å². The van der Waals surface area contributed by atoms with Gasteiger partial charge >= 0.3 is 12.0 Å². The minimum Gasteiger partial charge on any atom is -0.478 e. The monoisotopic (exact) mass is 278 g/mol. The average molecular weight is 278 g/mol. The maximum atomic E-state index is 11.6. The molecule has 0 bridgehead atoms. The second-order valence-corrected chi connectivity index (χ2v) is 4.75. The van der Waals surface area contributed by atoms with Gasteiger partial charge in [0, 0.05) is 13.1 Å². The van der Waals surface area contributed by atoms with E-state index < -0.39 is 5.97 Å². The smallest absolute Gasteiger partial charge is 0.335 e. The summed E-state index contributed by atoms with van der Waals surface area (Å²) in [6, 6.07) is 6.32. The molecule has 1 aromatic carbocycles. The molecule has 0 saturated heterocycles. The SMILES string of the molecule is CCC(CC)CNC(=O)NCc1cccc(C(=O)O)c1. The normalized spacial score (nSPS) is 10.3. The summed E-state index contributed by atoms with van der Waals surface area (Å²) in [4.78, 5) is 22.5. The summed E-state index contributed by atoms with van der Waals surface area (Å²) in [6.07, 6.45) is 2.08. The number of carboxylic acids is 1. The van der Waals surface area contributed by atoms with Crippen molar-refractivity contribution in [1.29, 1.82) is 0 Å². The first-order valence-electron chi connectivity index (χ1n) is 6.90. The minimum atomic E-state index is -0.968. The second kappa shape index (κ2) is 8.19. The van der Waals surface area contributed by atoms with Gasteiger partial charge in [-0.2, -0.15) is 0 Å². The van der Waals surface area contributed by atoms with Gasteiger partial charge < -0.3 is 15.7 Å². The quantitative estimate of drug-likeness (QED) is 0.717. The summed E-state index contributed by atoms with van der Waals surface area (Å²) in [6.45, 7) is 5.18. The molecule has 0 fully saturated rings. The summed E-state index contributed by atoms with van der Waals surface area (Å²) in [5.74, 6) is -0.471. The first kappa shape index (κ1) is 16.0. The molecule has 0 radical (unpaired) electrons. The van der Waals surface area contributed by atoms with Crippen molar-refractivity contribution in [2.45, 2.75) is 33.2 Å². The van der Waals surface area contributed by atoms with Crippen LogP contribution in [0.15, 0.2) is 24.3 Å². The van der Waals surface area contributed by atoms with Crippen molar-refractivity contribution in [3.8, 4) is 0 Å². The van der Waals surface area contributed by atoms with E-state index >= 15 is 0 Å². The number of hydrogen-bond acceptors (Lipinski definition) is 2. The second-order valence-electron chi connectivity index (χ2n) is 4.75. The van der Waals surface area contributed by atoms with E-state index in [2.05, 4.69) is 24.5 Å². The zero-order valence-corrected chi connectivity index (χ0v) is 12.0. The van der Waals surface area contributed by atoms with Crippen molar-refractivity contribution in [2.75, 3.05) is 6.54 Å². The summed E-state index contributed by atoms with van der Waals surface area (Å²) in [7, 11) is 0. The lowest BCUT2D eigenvalue weighted by Crippen LogP contribution is -2.37. The average Bonchev–Trinajstić information content (AvgIpc) is 2.46. The Labute approximate surface area is 119 Å². The number of amides is 2. The highest BCUT2D eigenvalue weighted by atomic mass is 16.4. The lowest BCUT2D eigenvalue weighted by molar-refractivity contribution is 0.0696. The number of nitrogens with one attached hydrogen (secondary N) is 2. The van der Waals surface area contributed by atoms with Gasteiger partial charge in [-0.25, -0.2) is 9.59 Å². The molecule has 0 aliphatic carbocycles. The Bertz CT molecular complexity index is 456. The molecule has 0 unspecified atom stereocenters. The topological polar surface area (TPSA) is 78.4 Å². The number of carbonyl (C=O) groups is 2. The molecular formula is C15H22N2O3. The van der Waals surface area contributed by atoms with Gasteiger partial charge in [-0.3, -0.25) is 0 Å². The minimum absolute atomic E-state index is 0.224. The number of carbonyl (C=O) groups excluding carboxylic acids is 1. The zero-order chi connectivity index (χ0) is 15.0. The summed E-state index contributed by atoms with van der Waals surface area (Å²) >= 11 is 0. The third-order valence-corrected chi connectivity index (χ3v) is 3.33. The van der Waals surface area contributed by atoms with Crippen molar-refractivity contribution >= 4 is 12.0 Å². The highest BCUT2D eigenvalue weighted by Gasteiger charge is 2.07. The van der Waals surface area contributed by atoms with Gasteiger partial charge in [0.05, 0.1) is 5.56 Å². The Kier molecular flexibility index (Phi) is 6.56. The molecule has 110 valence electrons. The molecule has 5 nitrogen and oxygen atoms in total. The van der Waals surface area contributed by atoms with E-state index in [1.54, 1.807) is 18.2 Å². The van der Waals surface area contributed by atoms with E-state index in [0.29, 0.717) is 19.0 Å². The summed E-state index contributed by atoms with van der Waals surface area (Å²) < 4.78 is 0. The standard InChI is InChI=1S/C15H22N2O3/c1-3-11(4-2)9-16-15(20)17-10-12-6-5-7-13(8-12)14(18)19/h5-8,11H,3-4,9-10H2,1-2H3,(H,18,19)(H2,16,17,20). The van der Waals surface area contributed by atoms with Crippen LogP contribution in [-0.4, -0.2) is 23.7 Å². The van der Waals surface area contributed by atoms with Crippen molar-refractivity contribution < 1.29 is 14.7 Å². The Balaban J connectivity index is 2.41. The third kappa shape index (κ3) is 5.30. The van der Waals surface area contributed by atoms with Crippen LogP contribution in [0.1, 0.15) is 42.6 Å². The van der Waals surface area contributed by atoms with Gasteiger partial charge in [-0.05, 0) is 23.6 Å². The molecular weight excluding hydrogens is 256 g/mol. The zero-order valence-electron chi connectivity index (χ0n) is 12.0. The Hall–Kier alpha value is -2.04. The number of rotatable bonds is 7. The van der Waals surface area contributed by atoms with E-state index in [1.165, 1.54) is 6.07 Å². The molecule has 0 spiro atoms. The Morgan fingerprint density at radius 3 is 2.50 bits per heavy atom. The molecule has 1 aromatic rings. The summed E-state index contributed by atoms with van der Waals surface area (Å²) in [5, 5.41) is 14.4. The van der Waals surface area contributed by atoms with Gasteiger partial charge in [-0.1, -0.05) is 38.8 Å². The fraction of sp³-hybridized carbons (Fsp3) is 0.467. The van der Waals surface area contributed by atoms with E-state index in [-0.39, 0.29) is 11.6 Å². The lowest BCUT2D eigenvalue weighted by atomic mass is 10.0. The molecule has 0 aliphatic rings. The molecule has 1 rings (SSSR count).